The van der Waals surface area contributed by atoms with Gasteiger partial charge in [-0.25, -0.2) is 0 Å². The van der Waals surface area contributed by atoms with Gasteiger partial charge in [-0.05, 0) is 42.7 Å². The van der Waals surface area contributed by atoms with Crippen molar-refractivity contribution in [2.45, 2.75) is 51.6 Å². The number of nitrogens with one attached hydrogen (secondary N) is 1. The summed E-state index contributed by atoms with van der Waals surface area (Å²) in [5, 5.41) is 3.06. The molecule has 2 aliphatic carbocycles. The Morgan fingerprint density at radius 1 is 1.29 bits per heavy atom. The highest BCUT2D eigenvalue weighted by atomic mass is 16.2. The van der Waals surface area contributed by atoms with E-state index in [1.165, 1.54) is 24.0 Å². The Balaban J connectivity index is 1.67. The van der Waals surface area contributed by atoms with Crippen LogP contribution in [0, 0.1) is 5.92 Å². The summed E-state index contributed by atoms with van der Waals surface area (Å²) in [5.41, 5.74) is 2.91. The van der Waals surface area contributed by atoms with E-state index in [-0.39, 0.29) is 5.91 Å². The van der Waals surface area contributed by atoms with E-state index >= 15 is 0 Å². The minimum atomic E-state index is 0.181. The summed E-state index contributed by atoms with van der Waals surface area (Å²) >= 11 is 0. The fraction of sp³-hybridized carbons (Fsp3) is 0.611. The summed E-state index contributed by atoms with van der Waals surface area (Å²) in [6.45, 7) is 5.59. The average molecular weight is 286 g/mol. The molecule has 114 valence electrons. The number of benzene rings is 1. The maximum Gasteiger partial charge on any atom is 0.234 e. The predicted molar refractivity (Wildman–Crippen MR) is 85.1 cm³/mol. The highest BCUT2D eigenvalue weighted by Crippen LogP contribution is 2.41. The summed E-state index contributed by atoms with van der Waals surface area (Å²) < 4.78 is 0. The van der Waals surface area contributed by atoms with Crippen molar-refractivity contribution in [3.05, 3.63) is 35.4 Å². The van der Waals surface area contributed by atoms with Gasteiger partial charge in [0.25, 0.3) is 0 Å². The fourth-order valence-corrected chi connectivity index (χ4v) is 3.32. The van der Waals surface area contributed by atoms with E-state index in [0.717, 1.165) is 19.4 Å². The lowest BCUT2D eigenvalue weighted by molar-refractivity contribution is -0.123. The molecule has 0 bridgehead atoms. The van der Waals surface area contributed by atoms with Crippen LogP contribution in [0.15, 0.2) is 24.3 Å². The number of carbonyl (C=O) groups is 1. The molecule has 0 spiro atoms. The summed E-state index contributed by atoms with van der Waals surface area (Å²) in [6.07, 6.45) is 4.80. The molecular weight excluding hydrogens is 260 g/mol. The first-order valence-corrected chi connectivity index (χ1v) is 8.25. The van der Waals surface area contributed by atoms with Crippen molar-refractivity contribution in [1.82, 2.24) is 10.2 Å². The van der Waals surface area contributed by atoms with E-state index in [0.29, 0.717) is 24.5 Å². The SMILES string of the molecule is CC(C)CNC(=O)CN(C1CC1)[C@H]1CCc2ccccc21. The first-order valence-electron chi connectivity index (χ1n) is 8.25. The lowest BCUT2D eigenvalue weighted by Crippen LogP contribution is -2.41. The molecule has 3 nitrogen and oxygen atoms in total. The quantitative estimate of drug-likeness (QED) is 0.872. The van der Waals surface area contributed by atoms with Gasteiger partial charge in [0.2, 0.25) is 5.91 Å². The lowest BCUT2D eigenvalue weighted by Gasteiger charge is -2.29. The maximum absolute atomic E-state index is 12.2. The molecule has 1 amide bonds. The van der Waals surface area contributed by atoms with Crippen LogP contribution in [0.2, 0.25) is 0 Å². The molecule has 0 radical (unpaired) electrons. The van der Waals surface area contributed by atoms with Gasteiger partial charge in [-0.2, -0.15) is 0 Å². The molecule has 1 aromatic carbocycles. The largest absolute Gasteiger partial charge is 0.355 e. The van der Waals surface area contributed by atoms with Crippen LogP contribution >= 0.6 is 0 Å². The molecule has 21 heavy (non-hydrogen) atoms. The Morgan fingerprint density at radius 2 is 2.05 bits per heavy atom. The number of fused-ring (bicyclic) bond motifs is 1. The highest BCUT2D eigenvalue weighted by molar-refractivity contribution is 5.78. The molecule has 1 N–H and O–H groups in total. The molecule has 1 saturated carbocycles. The zero-order valence-corrected chi connectivity index (χ0v) is 13.1. The lowest BCUT2D eigenvalue weighted by atomic mass is 10.1. The second-order valence-corrected chi connectivity index (χ2v) is 6.85. The zero-order chi connectivity index (χ0) is 14.8. The normalized spacial score (nSPS) is 20.9. The van der Waals surface area contributed by atoms with Gasteiger partial charge in [-0.1, -0.05) is 38.1 Å². The third-order valence-electron chi connectivity index (χ3n) is 4.55. The monoisotopic (exact) mass is 286 g/mol. The molecule has 1 aromatic rings. The van der Waals surface area contributed by atoms with Crippen LogP contribution < -0.4 is 5.32 Å². The molecule has 3 rings (SSSR count). The number of nitrogens with zero attached hydrogens (tertiary/aromatic N) is 1. The fourth-order valence-electron chi connectivity index (χ4n) is 3.32. The standard InChI is InChI=1S/C18H26N2O/c1-13(2)11-19-18(21)12-20(15-8-9-15)17-10-7-14-5-3-4-6-16(14)17/h3-6,13,15,17H,7-12H2,1-2H3,(H,19,21)/t17-/m0/s1. The van der Waals surface area contributed by atoms with E-state index in [1.54, 1.807) is 0 Å². The van der Waals surface area contributed by atoms with Crippen LogP contribution in [-0.2, 0) is 11.2 Å². The van der Waals surface area contributed by atoms with Gasteiger partial charge in [0.05, 0.1) is 6.54 Å². The number of amides is 1. The predicted octanol–water partition coefficient (Wildman–Crippen LogP) is 2.91. The summed E-state index contributed by atoms with van der Waals surface area (Å²) in [5.74, 6) is 0.690. The number of hydrogen-bond donors (Lipinski definition) is 1. The van der Waals surface area contributed by atoms with Crippen molar-refractivity contribution in [2.75, 3.05) is 13.1 Å². The molecule has 0 heterocycles. The number of aryl methyl sites for hydroxylation is 1. The Hall–Kier alpha value is -1.35. The summed E-state index contributed by atoms with van der Waals surface area (Å²) in [4.78, 5) is 14.7. The molecule has 0 aromatic heterocycles. The van der Waals surface area contributed by atoms with E-state index in [1.807, 2.05) is 0 Å². The van der Waals surface area contributed by atoms with E-state index in [9.17, 15) is 4.79 Å². The molecule has 0 saturated heterocycles. The van der Waals surface area contributed by atoms with Crippen LogP contribution in [0.25, 0.3) is 0 Å². The molecule has 1 atom stereocenters. The van der Waals surface area contributed by atoms with Gasteiger partial charge in [0, 0.05) is 18.6 Å². The zero-order valence-electron chi connectivity index (χ0n) is 13.1. The van der Waals surface area contributed by atoms with Crippen LogP contribution in [0.5, 0.6) is 0 Å². The molecule has 0 aliphatic heterocycles. The summed E-state index contributed by atoms with van der Waals surface area (Å²) in [6, 6.07) is 9.79. The van der Waals surface area contributed by atoms with E-state index < -0.39 is 0 Å². The minimum Gasteiger partial charge on any atom is -0.355 e. The smallest absolute Gasteiger partial charge is 0.234 e. The maximum atomic E-state index is 12.2. The van der Waals surface area contributed by atoms with Crippen molar-refractivity contribution in [3.63, 3.8) is 0 Å². The van der Waals surface area contributed by atoms with E-state index in [4.69, 9.17) is 0 Å². The van der Waals surface area contributed by atoms with Gasteiger partial charge < -0.3 is 5.32 Å². The molecule has 1 fully saturated rings. The number of carbonyl (C=O) groups excluding carboxylic acids is 1. The van der Waals surface area contributed by atoms with Gasteiger partial charge in [0.15, 0.2) is 0 Å². The number of hydrogen-bond acceptors (Lipinski definition) is 2. The van der Waals surface area contributed by atoms with Crippen LogP contribution in [0.1, 0.15) is 50.3 Å². The Kier molecular flexibility index (Phi) is 4.29. The second kappa shape index (κ2) is 6.18. The van der Waals surface area contributed by atoms with Crippen molar-refractivity contribution < 1.29 is 4.79 Å². The third-order valence-corrected chi connectivity index (χ3v) is 4.55. The Labute approximate surface area is 127 Å². The van der Waals surface area contributed by atoms with Crippen molar-refractivity contribution in [1.29, 1.82) is 0 Å². The topological polar surface area (TPSA) is 32.3 Å². The Bertz CT molecular complexity index is 508. The minimum absolute atomic E-state index is 0.181. The van der Waals surface area contributed by atoms with Crippen LogP contribution in [0.3, 0.4) is 0 Å². The second-order valence-electron chi connectivity index (χ2n) is 6.85. The van der Waals surface area contributed by atoms with Gasteiger partial charge >= 0.3 is 0 Å². The molecule has 0 unspecified atom stereocenters. The Morgan fingerprint density at radius 3 is 2.76 bits per heavy atom. The molecule has 2 aliphatic rings. The van der Waals surface area contributed by atoms with Gasteiger partial charge in [-0.3, -0.25) is 9.69 Å². The third kappa shape index (κ3) is 3.46. The highest BCUT2D eigenvalue weighted by Gasteiger charge is 2.38. The first kappa shape index (κ1) is 14.6. The molecular formula is C18H26N2O. The van der Waals surface area contributed by atoms with Gasteiger partial charge in [0.1, 0.15) is 0 Å². The van der Waals surface area contributed by atoms with Crippen LogP contribution in [-0.4, -0.2) is 29.9 Å². The van der Waals surface area contributed by atoms with Gasteiger partial charge in [-0.15, -0.1) is 0 Å². The summed E-state index contributed by atoms with van der Waals surface area (Å²) in [7, 11) is 0. The average Bonchev–Trinajstić information content (AvgIpc) is 3.22. The number of rotatable bonds is 6. The van der Waals surface area contributed by atoms with Crippen molar-refractivity contribution in [2.24, 2.45) is 5.92 Å². The molecule has 3 heteroatoms. The van der Waals surface area contributed by atoms with E-state index in [2.05, 4.69) is 48.3 Å². The van der Waals surface area contributed by atoms with Crippen LogP contribution in [0.4, 0.5) is 0 Å². The van der Waals surface area contributed by atoms with Crippen molar-refractivity contribution >= 4 is 5.91 Å². The first-order chi connectivity index (χ1) is 10.1. The van der Waals surface area contributed by atoms with Crippen molar-refractivity contribution in [3.8, 4) is 0 Å².